The smallest absolute Gasteiger partial charge is 0.320 e. The number of hydrogen-bond acceptors (Lipinski definition) is 3. The molecule has 6 heteroatoms. The number of benzene rings is 1. The number of aryl methyl sites for hydroxylation is 3. The molecular formula is C19H26N4O2. The van der Waals surface area contributed by atoms with Crippen molar-refractivity contribution in [3.8, 4) is 5.69 Å². The minimum Gasteiger partial charge on any atom is -0.394 e. The van der Waals surface area contributed by atoms with Gasteiger partial charge in [-0.05, 0) is 69.7 Å². The first-order valence-corrected chi connectivity index (χ1v) is 8.66. The van der Waals surface area contributed by atoms with E-state index in [0.29, 0.717) is 11.7 Å². The fraction of sp³-hybridized carbons (Fsp3) is 0.474. The van der Waals surface area contributed by atoms with Crippen LogP contribution in [0.15, 0.2) is 24.3 Å². The summed E-state index contributed by atoms with van der Waals surface area (Å²) in [7, 11) is 0. The van der Waals surface area contributed by atoms with Gasteiger partial charge in [0.05, 0.1) is 17.8 Å². The second-order valence-corrected chi connectivity index (χ2v) is 7.36. The normalized spacial score (nSPS) is 16.4. The molecule has 1 fully saturated rings. The van der Waals surface area contributed by atoms with Crippen molar-refractivity contribution in [2.24, 2.45) is 5.92 Å². The Morgan fingerprint density at radius 1 is 1.24 bits per heavy atom. The highest BCUT2D eigenvalue weighted by Gasteiger charge is 2.42. The van der Waals surface area contributed by atoms with Crippen molar-refractivity contribution in [1.82, 2.24) is 15.1 Å². The number of hydrogen-bond donors (Lipinski definition) is 3. The molecule has 1 aliphatic rings. The molecule has 6 nitrogen and oxygen atoms in total. The number of aromatic nitrogens is 2. The average molecular weight is 342 g/mol. The van der Waals surface area contributed by atoms with E-state index in [1.807, 2.05) is 24.6 Å². The zero-order valence-corrected chi connectivity index (χ0v) is 15.3. The third kappa shape index (κ3) is 3.85. The number of urea groups is 1. The van der Waals surface area contributed by atoms with E-state index in [1.54, 1.807) is 0 Å². The number of rotatable bonds is 5. The lowest BCUT2D eigenvalue weighted by molar-refractivity contribution is 0.159. The summed E-state index contributed by atoms with van der Waals surface area (Å²) in [5.41, 5.74) is 3.67. The summed E-state index contributed by atoms with van der Waals surface area (Å²) in [4.78, 5) is 12.3. The summed E-state index contributed by atoms with van der Waals surface area (Å²) in [6, 6.07) is 7.74. The molecule has 3 rings (SSSR count). The first-order chi connectivity index (χ1) is 11.8. The van der Waals surface area contributed by atoms with E-state index in [1.165, 1.54) is 11.1 Å². The van der Waals surface area contributed by atoms with Crippen LogP contribution >= 0.6 is 0 Å². The highest BCUT2D eigenvalue weighted by molar-refractivity contribution is 5.88. The topological polar surface area (TPSA) is 79.2 Å². The van der Waals surface area contributed by atoms with E-state index >= 15 is 0 Å². The van der Waals surface area contributed by atoms with Crippen molar-refractivity contribution in [2.45, 2.75) is 46.1 Å². The molecule has 2 aromatic rings. The van der Waals surface area contributed by atoms with Gasteiger partial charge < -0.3 is 10.4 Å². The first kappa shape index (κ1) is 17.5. The van der Waals surface area contributed by atoms with Crippen LogP contribution in [-0.2, 0) is 0 Å². The number of nitrogens with zero attached hydrogens (tertiary/aromatic N) is 2. The Labute approximate surface area is 148 Å². The van der Waals surface area contributed by atoms with Gasteiger partial charge in [0.25, 0.3) is 0 Å². The van der Waals surface area contributed by atoms with Crippen LogP contribution in [0.25, 0.3) is 5.69 Å². The Morgan fingerprint density at radius 3 is 2.44 bits per heavy atom. The summed E-state index contributed by atoms with van der Waals surface area (Å²) < 4.78 is 1.82. The van der Waals surface area contributed by atoms with Gasteiger partial charge in [0.2, 0.25) is 0 Å². The molecule has 25 heavy (non-hydrogen) atoms. The molecular weight excluding hydrogens is 316 g/mol. The van der Waals surface area contributed by atoms with E-state index < -0.39 is 5.54 Å². The summed E-state index contributed by atoms with van der Waals surface area (Å²) in [6.07, 6.45) is 2.08. The number of aliphatic hydroxyl groups excluding tert-OH is 1. The Hall–Kier alpha value is -2.34. The number of anilines is 1. The standard InChI is InChI=1S/C19H26N4O2/c1-12-7-13(2)9-16(8-12)23-14(3)10-17(22-23)20-18(25)21-19(4,11-24)15-5-6-15/h7-10,15,24H,5-6,11H2,1-4H3,(H2,20,21,22,25). The molecule has 0 spiro atoms. The molecule has 0 bridgehead atoms. The molecule has 1 aliphatic carbocycles. The van der Waals surface area contributed by atoms with Crippen molar-refractivity contribution in [1.29, 1.82) is 0 Å². The highest BCUT2D eigenvalue weighted by atomic mass is 16.3. The van der Waals surface area contributed by atoms with E-state index in [0.717, 1.165) is 24.2 Å². The van der Waals surface area contributed by atoms with Crippen molar-refractivity contribution in [2.75, 3.05) is 11.9 Å². The van der Waals surface area contributed by atoms with Crippen LogP contribution in [0, 0.1) is 26.7 Å². The fourth-order valence-corrected chi connectivity index (χ4v) is 3.27. The van der Waals surface area contributed by atoms with Crippen molar-refractivity contribution in [3.63, 3.8) is 0 Å². The second kappa shape index (κ2) is 6.52. The molecule has 1 heterocycles. The van der Waals surface area contributed by atoms with Crippen LogP contribution in [0.4, 0.5) is 10.6 Å². The van der Waals surface area contributed by atoms with Gasteiger partial charge in [0, 0.05) is 11.8 Å². The molecule has 1 atom stereocenters. The van der Waals surface area contributed by atoms with Gasteiger partial charge in [-0.1, -0.05) is 6.07 Å². The summed E-state index contributed by atoms with van der Waals surface area (Å²) in [6.45, 7) is 7.87. The maximum atomic E-state index is 12.3. The molecule has 0 radical (unpaired) electrons. The molecule has 0 aliphatic heterocycles. The van der Waals surface area contributed by atoms with Gasteiger partial charge in [-0.3, -0.25) is 5.32 Å². The Bertz CT molecular complexity index is 774. The SMILES string of the molecule is Cc1cc(C)cc(-n2nc(NC(=O)NC(C)(CO)C3CC3)cc2C)c1. The predicted molar refractivity (Wildman–Crippen MR) is 98.1 cm³/mol. The summed E-state index contributed by atoms with van der Waals surface area (Å²) >= 11 is 0. The lowest BCUT2D eigenvalue weighted by atomic mass is 9.97. The first-order valence-electron chi connectivity index (χ1n) is 8.66. The largest absolute Gasteiger partial charge is 0.394 e. The lowest BCUT2D eigenvalue weighted by Gasteiger charge is -2.28. The monoisotopic (exact) mass is 342 g/mol. The van der Waals surface area contributed by atoms with Gasteiger partial charge in [-0.2, -0.15) is 0 Å². The zero-order chi connectivity index (χ0) is 18.2. The maximum absolute atomic E-state index is 12.3. The Balaban J connectivity index is 1.75. The van der Waals surface area contributed by atoms with Gasteiger partial charge in [-0.15, -0.1) is 5.10 Å². The van der Waals surface area contributed by atoms with Crippen LogP contribution in [0.1, 0.15) is 36.6 Å². The van der Waals surface area contributed by atoms with E-state index in [2.05, 4.69) is 47.8 Å². The van der Waals surface area contributed by atoms with Crippen LogP contribution in [0.5, 0.6) is 0 Å². The quantitative estimate of drug-likeness (QED) is 0.781. The van der Waals surface area contributed by atoms with Gasteiger partial charge in [0.1, 0.15) is 0 Å². The minimum absolute atomic E-state index is 0.0683. The Kier molecular flexibility index (Phi) is 4.56. The van der Waals surface area contributed by atoms with Crippen LogP contribution in [-0.4, -0.2) is 33.1 Å². The molecule has 3 N–H and O–H groups in total. The Morgan fingerprint density at radius 2 is 1.88 bits per heavy atom. The molecule has 0 saturated heterocycles. The van der Waals surface area contributed by atoms with E-state index in [9.17, 15) is 9.90 Å². The lowest BCUT2D eigenvalue weighted by Crippen LogP contribution is -2.52. The zero-order valence-electron chi connectivity index (χ0n) is 15.3. The summed E-state index contributed by atoms with van der Waals surface area (Å²) in [5.74, 6) is 0.836. The van der Waals surface area contributed by atoms with Crippen LogP contribution in [0.3, 0.4) is 0 Å². The fourth-order valence-electron chi connectivity index (χ4n) is 3.27. The van der Waals surface area contributed by atoms with Crippen molar-refractivity contribution >= 4 is 11.8 Å². The van der Waals surface area contributed by atoms with Crippen LogP contribution in [0.2, 0.25) is 0 Å². The minimum atomic E-state index is -0.574. The van der Waals surface area contributed by atoms with E-state index in [4.69, 9.17) is 0 Å². The number of nitrogens with one attached hydrogen (secondary N) is 2. The molecule has 1 aromatic heterocycles. The van der Waals surface area contributed by atoms with Gasteiger partial charge in [0.15, 0.2) is 5.82 Å². The average Bonchev–Trinajstić information content (AvgIpc) is 3.31. The third-order valence-corrected chi connectivity index (χ3v) is 4.79. The van der Waals surface area contributed by atoms with Gasteiger partial charge in [-0.25, -0.2) is 9.48 Å². The predicted octanol–water partition coefficient (Wildman–Crippen LogP) is 3.08. The maximum Gasteiger partial charge on any atom is 0.320 e. The highest BCUT2D eigenvalue weighted by Crippen LogP contribution is 2.39. The van der Waals surface area contributed by atoms with E-state index in [-0.39, 0.29) is 12.6 Å². The molecule has 1 aromatic carbocycles. The second-order valence-electron chi connectivity index (χ2n) is 7.36. The van der Waals surface area contributed by atoms with Crippen LogP contribution < -0.4 is 10.6 Å². The summed E-state index contributed by atoms with van der Waals surface area (Å²) in [5, 5.41) is 19.8. The van der Waals surface area contributed by atoms with Gasteiger partial charge >= 0.3 is 6.03 Å². The molecule has 134 valence electrons. The number of carbonyl (C=O) groups is 1. The molecule has 2 amide bonds. The molecule has 1 unspecified atom stereocenters. The number of carbonyl (C=O) groups excluding carboxylic acids is 1. The number of aliphatic hydroxyl groups is 1. The van der Waals surface area contributed by atoms with Crippen molar-refractivity contribution < 1.29 is 9.90 Å². The van der Waals surface area contributed by atoms with Crippen molar-refractivity contribution in [3.05, 3.63) is 41.1 Å². The third-order valence-electron chi connectivity index (χ3n) is 4.79. The molecule has 1 saturated carbocycles. The number of amides is 2.